The van der Waals surface area contributed by atoms with Gasteiger partial charge >= 0.3 is 0 Å². The molecule has 24 heavy (non-hydrogen) atoms. The van der Waals surface area contributed by atoms with E-state index in [2.05, 4.69) is 32.7 Å². The van der Waals surface area contributed by atoms with Crippen LogP contribution in [0.15, 0.2) is 49.1 Å². The summed E-state index contributed by atoms with van der Waals surface area (Å²) in [6.07, 6.45) is 6.00. The van der Waals surface area contributed by atoms with Gasteiger partial charge in [0.25, 0.3) is 0 Å². The molecular weight excluding hydrogens is 306 g/mol. The van der Waals surface area contributed by atoms with E-state index in [0.717, 1.165) is 17.8 Å². The maximum atomic E-state index is 12.7. The summed E-state index contributed by atoms with van der Waals surface area (Å²) in [5.41, 5.74) is 0.833. The molecule has 0 spiro atoms. The van der Waals surface area contributed by atoms with Crippen molar-refractivity contribution in [2.45, 2.75) is 25.9 Å². The number of amides is 1. The number of aryl methyl sites for hydroxylation is 1. The first kappa shape index (κ1) is 15.9. The molecule has 2 aromatic heterocycles. The predicted octanol–water partition coefficient (Wildman–Crippen LogP) is 0.838. The molecule has 1 N–H and O–H groups in total. The second-order valence-corrected chi connectivity index (χ2v) is 5.28. The van der Waals surface area contributed by atoms with Crippen LogP contribution in [0.2, 0.25) is 0 Å². The van der Waals surface area contributed by atoms with Gasteiger partial charge in [-0.25, -0.2) is 9.67 Å². The average molecular weight is 325 g/mol. The van der Waals surface area contributed by atoms with Crippen LogP contribution >= 0.6 is 0 Å². The summed E-state index contributed by atoms with van der Waals surface area (Å²) in [4.78, 5) is 16.9. The second-order valence-electron chi connectivity index (χ2n) is 5.28. The first-order chi connectivity index (χ1) is 11.8. The fourth-order valence-corrected chi connectivity index (χ4v) is 2.60. The molecule has 0 fully saturated rings. The molecule has 1 atom stereocenters. The van der Waals surface area contributed by atoms with Gasteiger partial charge in [0.15, 0.2) is 6.04 Å². The van der Waals surface area contributed by atoms with Crippen molar-refractivity contribution in [2.75, 3.05) is 6.54 Å². The molecule has 0 aliphatic carbocycles. The number of imidazole rings is 1. The van der Waals surface area contributed by atoms with Gasteiger partial charge in [-0.1, -0.05) is 37.3 Å². The predicted molar refractivity (Wildman–Crippen MR) is 87.0 cm³/mol. The Labute approximate surface area is 139 Å². The number of nitrogens with zero attached hydrogens (tertiary/aromatic N) is 6. The molecule has 0 saturated carbocycles. The fourth-order valence-electron chi connectivity index (χ4n) is 2.60. The lowest BCUT2D eigenvalue weighted by molar-refractivity contribution is -0.123. The fraction of sp³-hybridized carbons (Fsp3) is 0.312. The molecule has 1 aromatic carbocycles. The molecule has 0 aliphatic heterocycles. The standard InChI is InChI=1S/C16H19N7O/c1-2-14-17-8-10-22(14)11-9-18-16(24)15(23-12-19-20-21-23)13-6-4-3-5-7-13/h3-8,10,12,15H,2,9,11H2,1H3,(H,18,24)/t15-/m1/s1. The van der Waals surface area contributed by atoms with E-state index in [0.29, 0.717) is 13.1 Å². The lowest BCUT2D eigenvalue weighted by atomic mass is 10.1. The largest absolute Gasteiger partial charge is 0.352 e. The summed E-state index contributed by atoms with van der Waals surface area (Å²) < 4.78 is 3.49. The van der Waals surface area contributed by atoms with Crippen LogP contribution in [-0.2, 0) is 17.8 Å². The van der Waals surface area contributed by atoms with Gasteiger partial charge in [0.2, 0.25) is 5.91 Å². The number of hydrogen-bond acceptors (Lipinski definition) is 5. The molecular formula is C16H19N7O. The van der Waals surface area contributed by atoms with Crippen molar-refractivity contribution in [1.82, 2.24) is 35.1 Å². The van der Waals surface area contributed by atoms with E-state index in [1.165, 1.54) is 11.0 Å². The average Bonchev–Trinajstić information content (AvgIpc) is 3.28. The maximum absolute atomic E-state index is 12.7. The van der Waals surface area contributed by atoms with E-state index in [1.807, 2.05) is 41.1 Å². The number of benzene rings is 1. The van der Waals surface area contributed by atoms with Crippen molar-refractivity contribution in [3.8, 4) is 0 Å². The molecule has 0 aliphatic rings. The molecule has 0 radical (unpaired) electrons. The number of nitrogens with one attached hydrogen (secondary N) is 1. The third-order valence-electron chi connectivity index (χ3n) is 3.76. The van der Waals surface area contributed by atoms with Gasteiger partial charge in [-0.05, 0) is 16.0 Å². The minimum absolute atomic E-state index is 0.147. The molecule has 2 heterocycles. The van der Waals surface area contributed by atoms with E-state index in [-0.39, 0.29) is 5.91 Å². The molecule has 3 rings (SSSR count). The molecule has 1 amide bonds. The van der Waals surface area contributed by atoms with Gasteiger partial charge in [0, 0.05) is 31.9 Å². The molecule has 8 nitrogen and oxygen atoms in total. The van der Waals surface area contributed by atoms with Crippen LogP contribution < -0.4 is 5.32 Å². The number of hydrogen-bond donors (Lipinski definition) is 1. The maximum Gasteiger partial charge on any atom is 0.249 e. The Kier molecular flexibility index (Phi) is 4.95. The summed E-state index contributed by atoms with van der Waals surface area (Å²) in [5.74, 6) is 0.857. The molecule has 0 saturated heterocycles. The Balaban J connectivity index is 1.68. The van der Waals surface area contributed by atoms with Gasteiger partial charge in [-0.15, -0.1) is 5.10 Å². The van der Waals surface area contributed by atoms with Gasteiger partial charge in [-0.2, -0.15) is 0 Å². The lowest BCUT2D eigenvalue weighted by Gasteiger charge is -2.17. The first-order valence-electron chi connectivity index (χ1n) is 7.84. The smallest absolute Gasteiger partial charge is 0.249 e. The third-order valence-corrected chi connectivity index (χ3v) is 3.76. The summed E-state index contributed by atoms with van der Waals surface area (Å²) in [6, 6.07) is 8.87. The molecule has 8 heteroatoms. The quantitative estimate of drug-likeness (QED) is 0.695. The van der Waals surface area contributed by atoms with Gasteiger partial charge in [-0.3, -0.25) is 4.79 Å². The molecule has 0 bridgehead atoms. The molecule has 124 valence electrons. The van der Waals surface area contributed by atoms with E-state index in [9.17, 15) is 4.79 Å². The Bertz CT molecular complexity index is 767. The minimum atomic E-state index is -0.588. The zero-order valence-corrected chi connectivity index (χ0v) is 13.4. The van der Waals surface area contributed by atoms with Crippen LogP contribution in [0.4, 0.5) is 0 Å². The highest BCUT2D eigenvalue weighted by Gasteiger charge is 2.23. The zero-order valence-electron chi connectivity index (χ0n) is 13.4. The zero-order chi connectivity index (χ0) is 16.8. The lowest BCUT2D eigenvalue weighted by Crippen LogP contribution is -2.35. The van der Waals surface area contributed by atoms with Crippen LogP contribution in [0.3, 0.4) is 0 Å². The highest BCUT2D eigenvalue weighted by atomic mass is 16.2. The first-order valence-corrected chi connectivity index (χ1v) is 7.84. The van der Waals surface area contributed by atoms with Crippen molar-refractivity contribution in [1.29, 1.82) is 0 Å². The highest BCUT2D eigenvalue weighted by molar-refractivity contribution is 5.83. The normalized spacial score (nSPS) is 12.0. The van der Waals surface area contributed by atoms with Crippen molar-refractivity contribution < 1.29 is 4.79 Å². The van der Waals surface area contributed by atoms with Gasteiger partial charge in [0.05, 0.1) is 0 Å². The van der Waals surface area contributed by atoms with E-state index in [4.69, 9.17) is 0 Å². The van der Waals surface area contributed by atoms with Crippen molar-refractivity contribution in [2.24, 2.45) is 0 Å². The van der Waals surface area contributed by atoms with E-state index in [1.54, 1.807) is 6.20 Å². The molecule has 0 unspecified atom stereocenters. The SMILES string of the molecule is CCc1nccn1CCNC(=O)[C@@H](c1ccccc1)n1cnnn1. The van der Waals surface area contributed by atoms with Gasteiger partial charge < -0.3 is 9.88 Å². The van der Waals surface area contributed by atoms with Crippen LogP contribution in [-0.4, -0.2) is 42.2 Å². The second kappa shape index (κ2) is 7.49. The summed E-state index contributed by atoms with van der Waals surface area (Å²) >= 11 is 0. The summed E-state index contributed by atoms with van der Waals surface area (Å²) in [6.45, 7) is 3.24. The molecule has 3 aromatic rings. The number of carbonyl (C=O) groups excluding carboxylic acids is 1. The Morgan fingerprint density at radius 2 is 2.12 bits per heavy atom. The number of rotatable bonds is 7. The summed E-state index contributed by atoms with van der Waals surface area (Å²) in [5, 5.41) is 14.1. The number of aromatic nitrogens is 6. The Morgan fingerprint density at radius 3 is 2.83 bits per heavy atom. The number of tetrazole rings is 1. The Morgan fingerprint density at radius 1 is 1.29 bits per heavy atom. The topological polar surface area (TPSA) is 90.5 Å². The Hall–Kier alpha value is -3.03. The van der Waals surface area contributed by atoms with Crippen molar-refractivity contribution in [3.63, 3.8) is 0 Å². The van der Waals surface area contributed by atoms with Crippen molar-refractivity contribution in [3.05, 3.63) is 60.4 Å². The monoisotopic (exact) mass is 325 g/mol. The van der Waals surface area contributed by atoms with Crippen LogP contribution in [0.1, 0.15) is 24.4 Å². The van der Waals surface area contributed by atoms with Crippen LogP contribution in [0.25, 0.3) is 0 Å². The highest BCUT2D eigenvalue weighted by Crippen LogP contribution is 2.16. The minimum Gasteiger partial charge on any atom is -0.352 e. The van der Waals surface area contributed by atoms with Crippen LogP contribution in [0, 0.1) is 0 Å². The van der Waals surface area contributed by atoms with Crippen LogP contribution in [0.5, 0.6) is 0 Å². The third kappa shape index (κ3) is 3.48. The van der Waals surface area contributed by atoms with Gasteiger partial charge in [0.1, 0.15) is 12.2 Å². The summed E-state index contributed by atoms with van der Waals surface area (Å²) in [7, 11) is 0. The number of carbonyl (C=O) groups is 1. The van der Waals surface area contributed by atoms with E-state index >= 15 is 0 Å². The van der Waals surface area contributed by atoms with Crippen molar-refractivity contribution >= 4 is 5.91 Å². The van der Waals surface area contributed by atoms with E-state index < -0.39 is 6.04 Å².